The smallest absolute Gasteiger partial charge is 0.0743 e. The number of ether oxygens (including phenoxy) is 2. The van der Waals surface area contributed by atoms with E-state index in [9.17, 15) is 0 Å². The zero-order valence-corrected chi connectivity index (χ0v) is 15.5. The number of likely N-dealkylation sites (tertiary alicyclic amines) is 1. The summed E-state index contributed by atoms with van der Waals surface area (Å²) in [6, 6.07) is 9.68. The Balaban J connectivity index is 1.33. The summed E-state index contributed by atoms with van der Waals surface area (Å²) in [5, 5.41) is 0. The van der Waals surface area contributed by atoms with Gasteiger partial charge in [-0.15, -0.1) is 0 Å². The van der Waals surface area contributed by atoms with Gasteiger partial charge in [-0.1, -0.05) is 29.8 Å². The number of nitrogens with zero attached hydrogens (tertiary/aromatic N) is 2. The predicted molar refractivity (Wildman–Crippen MR) is 99.7 cm³/mol. The summed E-state index contributed by atoms with van der Waals surface area (Å²) >= 11 is 0. The molecule has 0 aliphatic carbocycles. The molecular weight excluding hydrogens is 312 g/mol. The Morgan fingerprint density at radius 3 is 2.56 bits per heavy atom. The third-order valence-corrected chi connectivity index (χ3v) is 6.19. The van der Waals surface area contributed by atoms with Gasteiger partial charge in [0.25, 0.3) is 0 Å². The van der Waals surface area contributed by atoms with Gasteiger partial charge < -0.3 is 9.47 Å². The van der Waals surface area contributed by atoms with Gasteiger partial charge in [0.2, 0.25) is 0 Å². The Morgan fingerprint density at radius 2 is 1.76 bits per heavy atom. The van der Waals surface area contributed by atoms with Crippen molar-refractivity contribution in [2.45, 2.75) is 44.9 Å². The fraction of sp³-hybridized carbons (Fsp3) is 0.714. The van der Waals surface area contributed by atoms with Gasteiger partial charge in [0.1, 0.15) is 0 Å². The molecule has 1 aromatic carbocycles. The lowest BCUT2D eigenvalue weighted by Crippen LogP contribution is -2.48. The first kappa shape index (κ1) is 17.5. The second kappa shape index (κ2) is 8.17. The molecule has 3 saturated heterocycles. The van der Waals surface area contributed by atoms with E-state index in [0.29, 0.717) is 18.1 Å². The molecule has 0 spiro atoms. The quantitative estimate of drug-likeness (QED) is 0.842. The summed E-state index contributed by atoms with van der Waals surface area (Å²) in [7, 11) is 0. The van der Waals surface area contributed by atoms with Gasteiger partial charge in [-0.25, -0.2) is 0 Å². The number of hydrogen-bond donors (Lipinski definition) is 0. The van der Waals surface area contributed by atoms with Crippen LogP contribution in [0.15, 0.2) is 24.3 Å². The number of piperidine rings is 1. The minimum Gasteiger partial charge on any atom is -0.381 e. The van der Waals surface area contributed by atoms with Crippen molar-refractivity contribution in [2.75, 3.05) is 46.0 Å². The van der Waals surface area contributed by atoms with Crippen LogP contribution in [0.5, 0.6) is 0 Å². The standard InChI is InChI=1S/C21H32N2O2/c1-17-2-4-18(5-3-17)14-22-9-6-19-15-23(10-13-25-21(19)16-22)20-7-11-24-12-8-20/h2-5,19-21H,6-16H2,1H3/t19-,21-/m0/s1. The molecule has 1 aromatic rings. The van der Waals surface area contributed by atoms with Crippen molar-refractivity contribution in [3.8, 4) is 0 Å². The highest BCUT2D eigenvalue weighted by atomic mass is 16.5. The van der Waals surface area contributed by atoms with E-state index in [1.807, 2.05) is 0 Å². The largest absolute Gasteiger partial charge is 0.381 e. The lowest BCUT2D eigenvalue weighted by molar-refractivity contribution is -0.0245. The van der Waals surface area contributed by atoms with Gasteiger partial charge in [-0.3, -0.25) is 9.80 Å². The summed E-state index contributed by atoms with van der Waals surface area (Å²) in [5.41, 5.74) is 2.75. The zero-order chi connectivity index (χ0) is 17.1. The van der Waals surface area contributed by atoms with E-state index < -0.39 is 0 Å². The molecule has 25 heavy (non-hydrogen) atoms. The molecule has 0 saturated carbocycles. The highest BCUT2D eigenvalue weighted by molar-refractivity contribution is 5.21. The van der Waals surface area contributed by atoms with Crippen molar-refractivity contribution in [2.24, 2.45) is 5.92 Å². The highest BCUT2D eigenvalue weighted by Crippen LogP contribution is 2.27. The van der Waals surface area contributed by atoms with Crippen molar-refractivity contribution in [3.63, 3.8) is 0 Å². The first-order valence-corrected chi connectivity index (χ1v) is 9.99. The molecule has 2 atom stereocenters. The second-order valence-electron chi connectivity index (χ2n) is 8.02. The summed E-state index contributed by atoms with van der Waals surface area (Å²) in [4.78, 5) is 5.28. The Kier molecular flexibility index (Phi) is 5.71. The summed E-state index contributed by atoms with van der Waals surface area (Å²) in [6.45, 7) is 10.5. The molecule has 4 rings (SSSR count). The lowest BCUT2D eigenvalue weighted by Gasteiger charge is -2.39. The zero-order valence-electron chi connectivity index (χ0n) is 15.5. The monoisotopic (exact) mass is 344 g/mol. The fourth-order valence-electron chi connectivity index (χ4n) is 4.62. The van der Waals surface area contributed by atoms with E-state index in [1.54, 1.807) is 0 Å². The maximum Gasteiger partial charge on any atom is 0.0743 e. The van der Waals surface area contributed by atoms with E-state index in [-0.39, 0.29) is 0 Å². The van der Waals surface area contributed by atoms with E-state index in [2.05, 4.69) is 41.0 Å². The topological polar surface area (TPSA) is 24.9 Å². The molecule has 3 fully saturated rings. The first-order chi connectivity index (χ1) is 12.3. The van der Waals surface area contributed by atoms with Crippen LogP contribution >= 0.6 is 0 Å². The van der Waals surface area contributed by atoms with Crippen molar-refractivity contribution < 1.29 is 9.47 Å². The van der Waals surface area contributed by atoms with Crippen LogP contribution in [0.2, 0.25) is 0 Å². The van der Waals surface area contributed by atoms with E-state index in [0.717, 1.165) is 39.5 Å². The highest BCUT2D eigenvalue weighted by Gasteiger charge is 2.35. The molecular formula is C21H32N2O2. The molecule has 4 heteroatoms. The minimum absolute atomic E-state index is 0.407. The van der Waals surface area contributed by atoms with Gasteiger partial charge in [0, 0.05) is 51.4 Å². The number of aryl methyl sites for hydroxylation is 1. The van der Waals surface area contributed by atoms with Gasteiger partial charge in [0.15, 0.2) is 0 Å². The van der Waals surface area contributed by atoms with E-state index in [1.165, 1.54) is 43.5 Å². The van der Waals surface area contributed by atoms with Crippen molar-refractivity contribution >= 4 is 0 Å². The van der Waals surface area contributed by atoms with Crippen LogP contribution in [0, 0.1) is 12.8 Å². The van der Waals surface area contributed by atoms with Crippen LogP contribution in [0.1, 0.15) is 30.4 Å². The van der Waals surface area contributed by atoms with Crippen LogP contribution in [0.3, 0.4) is 0 Å². The normalized spacial score (nSPS) is 30.0. The van der Waals surface area contributed by atoms with Gasteiger partial charge >= 0.3 is 0 Å². The molecule has 0 unspecified atom stereocenters. The summed E-state index contributed by atoms with van der Waals surface area (Å²) < 4.78 is 11.8. The minimum atomic E-state index is 0.407. The SMILES string of the molecule is Cc1ccc(CN2CC[C@H]3CN(C4CCOCC4)CCO[C@H]3C2)cc1. The van der Waals surface area contributed by atoms with Crippen LogP contribution in [0.4, 0.5) is 0 Å². The number of benzene rings is 1. The molecule has 0 amide bonds. The number of fused-ring (bicyclic) bond motifs is 1. The maximum atomic E-state index is 6.30. The summed E-state index contributed by atoms with van der Waals surface area (Å²) in [6.07, 6.45) is 4.05. The number of rotatable bonds is 3. The molecule has 4 nitrogen and oxygen atoms in total. The third-order valence-electron chi connectivity index (χ3n) is 6.19. The molecule has 3 heterocycles. The molecule has 0 radical (unpaired) electrons. The van der Waals surface area contributed by atoms with E-state index >= 15 is 0 Å². The Morgan fingerprint density at radius 1 is 0.960 bits per heavy atom. The molecule has 0 N–H and O–H groups in total. The fourth-order valence-corrected chi connectivity index (χ4v) is 4.62. The van der Waals surface area contributed by atoms with Crippen molar-refractivity contribution in [3.05, 3.63) is 35.4 Å². The third kappa shape index (κ3) is 4.43. The summed E-state index contributed by atoms with van der Waals surface area (Å²) in [5.74, 6) is 0.694. The molecule has 0 bridgehead atoms. The first-order valence-electron chi connectivity index (χ1n) is 9.99. The van der Waals surface area contributed by atoms with Crippen LogP contribution in [-0.4, -0.2) is 67.9 Å². The Bertz CT molecular complexity index is 541. The number of hydrogen-bond acceptors (Lipinski definition) is 4. The van der Waals surface area contributed by atoms with E-state index in [4.69, 9.17) is 9.47 Å². The molecule has 0 aromatic heterocycles. The van der Waals surface area contributed by atoms with Crippen molar-refractivity contribution in [1.29, 1.82) is 0 Å². The molecule has 138 valence electrons. The molecule has 3 aliphatic rings. The lowest BCUT2D eigenvalue weighted by atomic mass is 9.92. The van der Waals surface area contributed by atoms with Crippen LogP contribution in [0.25, 0.3) is 0 Å². The van der Waals surface area contributed by atoms with Gasteiger partial charge in [-0.2, -0.15) is 0 Å². The Hall–Kier alpha value is -0.940. The Labute approximate surface area is 152 Å². The second-order valence-corrected chi connectivity index (χ2v) is 8.02. The van der Waals surface area contributed by atoms with Crippen LogP contribution in [-0.2, 0) is 16.0 Å². The van der Waals surface area contributed by atoms with Gasteiger partial charge in [0.05, 0.1) is 12.7 Å². The molecule has 3 aliphatic heterocycles. The maximum absolute atomic E-state index is 6.30. The van der Waals surface area contributed by atoms with Crippen LogP contribution < -0.4 is 0 Å². The predicted octanol–water partition coefficient (Wildman–Crippen LogP) is 2.70. The average Bonchev–Trinajstić information content (AvgIpc) is 2.86. The van der Waals surface area contributed by atoms with Gasteiger partial charge in [-0.05, 0) is 38.3 Å². The van der Waals surface area contributed by atoms with Crippen molar-refractivity contribution in [1.82, 2.24) is 9.80 Å². The average molecular weight is 344 g/mol.